The van der Waals surface area contributed by atoms with E-state index in [1.165, 1.54) is 24.0 Å². The maximum absolute atomic E-state index is 13.1. The van der Waals surface area contributed by atoms with E-state index in [9.17, 15) is 33.6 Å². The van der Waals surface area contributed by atoms with Crippen LogP contribution in [0.3, 0.4) is 0 Å². The van der Waals surface area contributed by atoms with Gasteiger partial charge in [0.25, 0.3) is 11.8 Å². The number of hydrogen-bond donors (Lipinski definition) is 4. The van der Waals surface area contributed by atoms with Crippen LogP contribution < -0.4 is 21.7 Å². The number of nitrogens with zero attached hydrogens (tertiary/aromatic N) is 2. The van der Waals surface area contributed by atoms with Gasteiger partial charge in [0.05, 0.1) is 72.6 Å². The van der Waals surface area contributed by atoms with Gasteiger partial charge in [-0.05, 0) is 42.2 Å². The zero-order valence-corrected chi connectivity index (χ0v) is 35.2. The molecule has 0 aliphatic carbocycles. The summed E-state index contributed by atoms with van der Waals surface area (Å²) in [5.74, 6) is -2.90. The zero-order chi connectivity index (χ0) is 44.6. The van der Waals surface area contributed by atoms with Gasteiger partial charge in [0, 0.05) is 43.4 Å². The molecule has 0 fully saturated rings. The third-order valence-corrected chi connectivity index (χ3v) is 8.92. The van der Waals surface area contributed by atoms with Gasteiger partial charge in [-0.25, -0.2) is 4.79 Å². The van der Waals surface area contributed by atoms with Crippen LogP contribution in [0.1, 0.15) is 48.7 Å². The lowest BCUT2D eigenvalue weighted by atomic mass is 10.0. The summed E-state index contributed by atoms with van der Waals surface area (Å²) in [4.78, 5) is 88.2. The standard InChI is InChI=1S/C42H58N6O13/c1-29(2)38(46-35(49)15-17-56-19-21-58-23-25-60-26-24-59-22-20-57-18-16-48-36(50)13-14-37(48)51)41(54)44-30(3)40(53)45-33-11-9-31(10-12-33)28-61-42(55)47(4)27-32-7-5-6-8-34(32)39(43)52/h5-14,29-30,38H,15-28H2,1-4H3,(H2,43,52)(H,44,54)(H,45,53)(H,46,49)/t30-,38-/m0/s1. The smallest absolute Gasteiger partial charge is 0.410 e. The molecule has 0 saturated heterocycles. The highest BCUT2D eigenvalue weighted by Gasteiger charge is 2.27. The molecule has 2 atom stereocenters. The Bertz CT molecular complexity index is 1770. The van der Waals surface area contributed by atoms with Crippen molar-refractivity contribution in [2.24, 2.45) is 11.7 Å². The molecule has 19 heteroatoms. The number of carbonyl (C=O) groups excluding carboxylic acids is 7. The van der Waals surface area contributed by atoms with Gasteiger partial charge in [-0.2, -0.15) is 0 Å². The number of rotatable bonds is 29. The molecule has 1 aliphatic rings. The second kappa shape index (κ2) is 27.2. The van der Waals surface area contributed by atoms with Gasteiger partial charge in [0.2, 0.25) is 23.6 Å². The number of anilines is 1. The number of benzene rings is 2. The number of imide groups is 1. The van der Waals surface area contributed by atoms with Gasteiger partial charge < -0.3 is 55.0 Å². The van der Waals surface area contributed by atoms with Crippen LogP contribution >= 0.6 is 0 Å². The number of ether oxygens (including phenoxy) is 6. The molecule has 0 aromatic heterocycles. The molecule has 0 saturated carbocycles. The van der Waals surface area contributed by atoms with Crippen LogP contribution in [-0.4, -0.2) is 143 Å². The van der Waals surface area contributed by atoms with E-state index in [2.05, 4.69) is 16.0 Å². The normalized spacial score (nSPS) is 13.2. The number of hydrogen-bond acceptors (Lipinski definition) is 13. The third-order valence-electron chi connectivity index (χ3n) is 8.92. The number of nitrogens with two attached hydrogens (primary N) is 1. The molecule has 1 aliphatic heterocycles. The monoisotopic (exact) mass is 854 g/mol. The molecule has 0 spiro atoms. The van der Waals surface area contributed by atoms with Crippen molar-refractivity contribution in [3.05, 3.63) is 77.4 Å². The Morgan fingerprint density at radius 1 is 0.705 bits per heavy atom. The molecule has 3 rings (SSSR count). The summed E-state index contributed by atoms with van der Waals surface area (Å²) in [7, 11) is 1.55. The van der Waals surface area contributed by atoms with E-state index in [0.29, 0.717) is 68.6 Å². The van der Waals surface area contributed by atoms with Crippen molar-refractivity contribution in [1.82, 2.24) is 20.4 Å². The largest absolute Gasteiger partial charge is 0.445 e. The molecule has 0 bridgehead atoms. The van der Waals surface area contributed by atoms with Crippen molar-refractivity contribution in [1.29, 1.82) is 0 Å². The molecule has 2 aromatic rings. The van der Waals surface area contributed by atoms with Crippen molar-refractivity contribution in [3.8, 4) is 0 Å². The molecule has 1 heterocycles. The van der Waals surface area contributed by atoms with E-state index in [1.807, 2.05) is 0 Å². The Hall–Kier alpha value is -5.73. The lowest BCUT2D eigenvalue weighted by Gasteiger charge is -2.24. The summed E-state index contributed by atoms with van der Waals surface area (Å²) in [5, 5.41) is 8.11. The molecule has 334 valence electrons. The first-order valence-electron chi connectivity index (χ1n) is 19.9. The fraction of sp³-hybridized carbons (Fsp3) is 0.500. The molecule has 7 amide bonds. The maximum atomic E-state index is 13.1. The number of nitrogens with one attached hydrogen (secondary N) is 3. The highest BCUT2D eigenvalue weighted by atomic mass is 16.6. The average molecular weight is 855 g/mol. The second-order valence-corrected chi connectivity index (χ2v) is 14.1. The molecule has 2 aromatic carbocycles. The molecule has 19 nitrogen and oxygen atoms in total. The van der Waals surface area contributed by atoms with Gasteiger partial charge in [-0.3, -0.25) is 33.7 Å². The molecule has 61 heavy (non-hydrogen) atoms. The van der Waals surface area contributed by atoms with Crippen LogP contribution in [0.15, 0.2) is 60.7 Å². The Morgan fingerprint density at radius 3 is 1.80 bits per heavy atom. The lowest BCUT2D eigenvalue weighted by molar-refractivity contribution is -0.137. The van der Waals surface area contributed by atoms with Crippen LogP contribution in [0.25, 0.3) is 0 Å². The Morgan fingerprint density at radius 2 is 1.25 bits per heavy atom. The summed E-state index contributed by atoms with van der Waals surface area (Å²) >= 11 is 0. The minimum absolute atomic E-state index is 0.0212. The number of carbonyl (C=O) groups is 7. The van der Waals surface area contributed by atoms with Gasteiger partial charge in [-0.1, -0.05) is 44.2 Å². The van der Waals surface area contributed by atoms with E-state index < -0.39 is 35.9 Å². The second-order valence-electron chi connectivity index (χ2n) is 14.1. The van der Waals surface area contributed by atoms with Crippen molar-refractivity contribution in [3.63, 3.8) is 0 Å². The summed E-state index contributed by atoms with van der Waals surface area (Å²) in [6.07, 6.45) is 1.88. The Balaban J connectivity index is 1.21. The van der Waals surface area contributed by atoms with E-state index in [0.717, 1.165) is 4.90 Å². The Kier molecular flexibility index (Phi) is 22.1. The summed E-state index contributed by atoms with van der Waals surface area (Å²) in [5.41, 5.74) is 7.46. The van der Waals surface area contributed by atoms with Gasteiger partial charge in [-0.15, -0.1) is 0 Å². The highest BCUT2D eigenvalue weighted by molar-refractivity contribution is 6.12. The van der Waals surface area contributed by atoms with Crippen molar-refractivity contribution < 1.29 is 62.0 Å². The van der Waals surface area contributed by atoms with Crippen LogP contribution in [0.5, 0.6) is 0 Å². The van der Waals surface area contributed by atoms with Gasteiger partial charge >= 0.3 is 6.09 Å². The predicted molar refractivity (Wildman–Crippen MR) is 221 cm³/mol. The van der Waals surface area contributed by atoms with Crippen LogP contribution in [0.2, 0.25) is 0 Å². The molecule has 0 unspecified atom stereocenters. The first-order valence-corrected chi connectivity index (χ1v) is 19.9. The SMILES string of the molecule is CC(C)[C@H](NC(=O)CCOCCOCCOCCOCCOCCN1C(=O)C=CC1=O)C(=O)N[C@@H](C)C(=O)Nc1ccc(COC(=O)N(C)Cc2ccccc2C(N)=O)cc1. The number of amides is 7. The number of primary amides is 1. The van der Waals surface area contributed by atoms with E-state index >= 15 is 0 Å². The van der Waals surface area contributed by atoms with Crippen LogP contribution in [0, 0.1) is 5.92 Å². The van der Waals surface area contributed by atoms with Crippen LogP contribution in [0.4, 0.5) is 10.5 Å². The maximum Gasteiger partial charge on any atom is 0.410 e. The van der Waals surface area contributed by atoms with E-state index in [-0.39, 0.29) is 69.6 Å². The van der Waals surface area contributed by atoms with Crippen LogP contribution in [-0.2, 0) is 65.5 Å². The minimum atomic E-state index is -0.924. The van der Waals surface area contributed by atoms with Crippen molar-refractivity contribution in [2.45, 2.75) is 52.4 Å². The van der Waals surface area contributed by atoms with Crippen molar-refractivity contribution >= 4 is 47.2 Å². The summed E-state index contributed by atoms with van der Waals surface area (Å²) in [6, 6.07) is 11.6. The van der Waals surface area contributed by atoms with Crippen molar-refractivity contribution in [2.75, 3.05) is 85.0 Å². The van der Waals surface area contributed by atoms with Gasteiger partial charge in [0.1, 0.15) is 18.7 Å². The fourth-order valence-electron chi connectivity index (χ4n) is 5.51. The Labute approximate surface area is 355 Å². The minimum Gasteiger partial charge on any atom is -0.445 e. The van der Waals surface area contributed by atoms with Gasteiger partial charge in [0.15, 0.2) is 0 Å². The van der Waals surface area contributed by atoms with E-state index in [4.69, 9.17) is 34.2 Å². The molecular weight excluding hydrogens is 796 g/mol. The summed E-state index contributed by atoms with van der Waals surface area (Å²) in [6.45, 7) is 8.43. The molecule has 5 N–H and O–H groups in total. The van der Waals surface area contributed by atoms with E-state index in [1.54, 1.807) is 69.4 Å². The fourth-order valence-corrected chi connectivity index (χ4v) is 5.51. The quantitative estimate of drug-likeness (QED) is 0.0672. The lowest BCUT2D eigenvalue weighted by Crippen LogP contribution is -2.53. The first-order chi connectivity index (χ1) is 29.3. The predicted octanol–water partition coefficient (Wildman–Crippen LogP) is 1.54. The highest BCUT2D eigenvalue weighted by Crippen LogP contribution is 2.14. The molecular formula is C42H58N6O13. The average Bonchev–Trinajstić information content (AvgIpc) is 3.55. The third kappa shape index (κ3) is 18.6. The zero-order valence-electron chi connectivity index (χ0n) is 35.2. The molecule has 0 radical (unpaired) electrons. The first kappa shape index (κ1) is 49.6. The topological polar surface area (TPSA) is 243 Å². The summed E-state index contributed by atoms with van der Waals surface area (Å²) < 4.78 is 32.6.